The maximum Gasteiger partial charge on any atom is 0.0651 e. The van der Waals surface area contributed by atoms with E-state index in [1.807, 2.05) is 6.21 Å². The molecule has 1 heterocycles. The Morgan fingerprint density at radius 3 is 2.29 bits per heavy atom. The first-order valence-corrected chi connectivity index (χ1v) is 20.7. The molecule has 0 fully saturated rings. The quantitative estimate of drug-likeness (QED) is 0.129. The number of likely N-dealkylation sites (N-methyl/N-ethyl adjacent to an activating group) is 1. The Kier molecular flexibility index (Phi) is 11.9. The molecule has 0 aromatic heterocycles. The van der Waals surface area contributed by atoms with E-state index < -0.39 is 0 Å². The van der Waals surface area contributed by atoms with E-state index in [-0.39, 0.29) is 0 Å². The lowest BCUT2D eigenvalue weighted by atomic mass is 9.91. The number of rotatable bonds is 11. The Labute approximate surface area is 348 Å². The second-order valence-electron chi connectivity index (χ2n) is 15.1. The van der Waals surface area contributed by atoms with Gasteiger partial charge in [0.15, 0.2) is 0 Å². The number of nitrogens with zero attached hydrogens (tertiary/aromatic N) is 1. The number of aliphatic imine (C=N–C) groups is 1. The van der Waals surface area contributed by atoms with Gasteiger partial charge in [0.1, 0.15) is 0 Å². The highest BCUT2D eigenvalue weighted by molar-refractivity contribution is 5.97. The van der Waals surface area contributed by atoms with E-state index in [0.717, 1.165) is 23.2 Å². The summed E-state index contributed by atoms with van der Waals surface area (Å²) < 4.78 is 0. The summed E-state index contributed by atoms with van der Waals surface area (Å²) in [5.41, 5.74) is 14.5. The van der Waals surface area contributed by atoms with Crippen molar-refractivity contribution in [3.8, 4) is 11.1 Å². The van der Waals surface area contributed by atoms with Crippen LogP contribution in [0.4, 0.5) is 0 Å². The van der Waals surface area contributed by atoms with Gasteiger partial charge >= 0.3 is 0 Å². The van der Waals surface area contributed by atoms with E-state index in [4.69, 9.17) is 0 Å². The molecule has 0 bridgehead atoms. The molecule has 0 aliphatic carbocycles. The molecule has 0 atom stereocenters. The number of hydrogen-bond donors (Lipinski definition) is 2. The average molecular weight is 766 g/mol. The summed E-state index contributed by atoms with van der Waals surface area (Å²) in [5.74, 6) is 0. The fraction of sp³-hybridized carbons (Fsp3) is 0.125. The minimum Gasteiger partial charge on any atom is -0.385 e. The molecule has 0 radical (unpaired) electrons. The van der Waals surface area contributed by atoms with E-state index in [1.54, 1.807) is 0 Å². The molecule has 0 saturated heterocycles. The van der Waals surface area contributed by atoms with E-state index in [9.17, 15) is 0 Å². The minimum atomic E-state index is 0.670. The van der Waals surface area contributed by atoms with Gasteiger partial charge in [0, 0.05) is 30.7 Å². The van der Waals surface area contributed by atoms with Crippen LogP contribution < -0.4 is 21.1 Å². The SMILES string of the molecule is C/C=C\c1c(C)c(/C(C)=C/C=C\C(=CC(NCc2cccc(-c3cccc4ccccc34)c2)=c2ccc(=C3CN=Cc4ccccc43)cc2)NCC)cc2ccccc12. The van der Waals surface area contributed by atoms with Crippen LogP contribution in [-0.4, -0.2) is 19.3 Å². The van der Waals surface area contributed by atoms with Crippen LogP contribution in [0.2, 0.25) is 0 Å². The second kappa shape index (κ2) is 18.1. The zero-order valence-corrected chi connectivity index (χ0v) is 34.5. The van der Waals surface area contributed by atoms with E-state index in [2.05, 4.69) is 225 Å². The molecule has 0 spiro atoms. The Balaban J connectivity index is 1.16. The summed E-state index contributed by atoms with van der Waals surface area (Å²) in [6, 6.07) is 52.5. The molecule has 7 aromatic carbocycles. The Bertz CT molecular complexity index is 2930. The predicted molar refractivity (Wildman–Crippen MR) is 255 cm³/mol. The second-order valence-corrected chi connectivity index (χ2v) is 15.1. The van der Waals surface area contributed by atoms with Crippen molar-refractivity contribution in [1.82, 2.24) is 10.6 Å². The molecule has 0 saturated carbocycles. The van der Waals surface area contributed by atoms with Gasteiger partial charge in [-0.3, -0.25) is 4.99 Å². The number of benzene rings is 7. The van der Waals surface area contributed by atoms with Crippen molar-refractivity contribution in [1.29, 1.82) is 0 Å². The highest BCUT2D eigenvalue weighted by atomic mass is 14.9. The van der Waals surface area contributed by atoms with E-state index in [0.29, 0.717) is 13.1 Å². The zero-order valence-electron chi connectivity index (χ0n) is 34.5. The molecule has 7 aromatic rings. The lowest BCUT2D eigenvalue weighted by Crippen LogP contribution is -2.23. The smallest absolute Gasteiger partial charge is 0.0651 e. The largest absolute Gasteiger partial charge is 0.385 e. The summed E-state index contributed by atoms with van der Waals surface area (Å²) in [4.78, 5) is 4.68. The van der Waals surface area contributed by atoms with E-state index >= 15 is 0 Å². The summed E-state index contributed by atoms with van der Waals surface area (Å²) >= 11 is 0. The first-order valence-electron chi connectivity index (χ1n) is 20.7. The highest BCUT2D eigenvalue weighted by Crippen LogP contribution is 2.32. The van der Waals surface area contributed by atoms with Crippen molar-refractivity contribution < 1.29 is 0 Å². The van der Waals surface area contributed by atoms with Crippen molar-refractivity contribution in [2.45, 2.75) is 34.2 Å². The van der Waals surface area contributed by atoms with Gasteiger partial charge in [0.25, 0.3) is 0 Å². The van der Waals surface area contributed by atoms with Crippen molar-refractivity contribution in [2.24, 2.45) is 4.99 Å². The van der Waals surface area contributed by atoms with Crippen LogP contribution in [-0.2, 0) is 6.54 Å². The fourth-order valence-electron chi connectivity index (χ4n) is 8.24. The minimum absolute atomic E-state index is 0.670. The molecule has 1 aliphatic heterocycles. The monoisotopic (exact) mass is 765 g/mol. The van der Waals surface area contributed by atoms with Gasteiger partial charge in [-0.1, -0.05) is 158 Å². The third kappa shape index (κ3) is 8.66. The maximum absolute atomic E-state index is 4.68. The van der Waals surface area contributed by atoms with Crippen molar-refractivity contribution in [3.05, 3.63) is 225 Å². The van der Waals surface area contributed by atoms with Crippen LogP contribution in [0.1, 0.15) is 54.2 Å². The van der Waals surface area contributed by atoms with Gasteiger partial charge in [-0.15, -0.1) is 0 Å². The zero-order chi connectivity index (χ0) is 40.6. The maximum atomic E-state index is 4.68. The molecule has 3 nitrogen and oxygen atoms in total. The normalized spacial score (nSPS) is 13.1. The molecule has 1 aliphatic rings. The summed E-state index contributed by atoms with van der Waals surface area (Å²) in [6.45, 7) is 10.8. The number of fused-ring (bicyclic) bond motifs is 3. The first-order chi connectivity index (χ1) is 29.0. The van der Waals surface area contributed by atoms with Gasteiger partial charge in [0.05, 0.1) is 6.54 Å². The lowest BCUT2D eigenvalue weighted by molar-refractivity contribution is 0.863. The van der Waals surface area contributed by atoms with Crippen LogP contribution in [0.3, 0.4) is 0 Å². The lowest BCUT2D eigenvalue weighted by Gasteiger charge is -2.14. The Morgan fingerprint density at radius 1 is 0.729 bits per heavy atom. The topological polar surface area (TPSA) is 36.4 Å². The Hall–Kier alpha value is -6.97. The molecule has 8 rings (SSSR count). The third-order valence-electron chi connectivity index (χ3n) is 11.2. The van der Waals surface area contributed by atoms with Gasteiger partial charge in [-0.05, 0) is 140 Å². The number of allylic oxidation sites excluding steroid dienone is 5. The van der Waals surface area contributed by atoms with Crippen molar-refractivity contribution in [2.75, 3.05) is 13.1 Å². The molecule has 0 amide bonds. The predicted octanol–water partition coefficient (Wildman–Crippen LogP) is 11.7. The van der Waals surface area contributed by atoms with Crippen LogP contribution in [0.15, 0.2) is 187 Å². The van der Waals surface area contributed by atoms with E-state index in [1.165, 1.54) is 82.4 Å². The van der Waals surface area contributed by atoms with Crippen LogP contribution >= 0.6 is 0 Å². The van der Waals surface area contributed by atoms with Gasteiger partial charge in [-0.2, -0.15) is 0 Å². The third-order valence-corrected chi connectivity index (χ3v) is 11.2. The molecular weight excluding hydrogens is 715 g/mol. The number of nitrogens with one attached hydrogen (secondary N) is 2. The molecule has 59 heavy (non-hydrogen) atoms. The average Bonchev–Trinajstić information content (AvgIpc) is 3.28. The van der Waals surface area contributed by atoms with Crippen LogP contribution in [0.5, 0.6) is 0 Å². The highest BCUT2D eigenvalue weighted by Gasteiger charge is 2.12. The Morgan fingerprint density at radius 2 is 1.46 bits per heavy atom. The standard InChI is InChI=1S/C56H51N3/c1-5-16-49-40(4)54(34-46-20-8-11-26-51(46)49)39(3)17-13-24-48(58-6-2)35-56(44-31-29-43(30-32-44)55-38-57-37-47-21-9-12-27-53(47)55)59-36-41-18-14-23-45(33-41)52-28-15-22-42-19-7-10-25-50(42)52/h5,7-35,37,58-59H,6,36,38H2,1-4H3/b16-5-,24-13-,39-17+,48-35?,55-43?,56-44?. The summed E-state index contributed by atoms with van der Waals surface area (Å²) in [5, 5.41) is 14.8. The van der Waals surface area contributed by atoms with Crippen molar-refractivity contribution in [3.63, 3.8) is 0 Å². The van der Waals surface area contributed by atoms with Crippen molar-refractivity contribution >= 4 is 50.7 Å². The first kappa shape index (κ1) is 38.9. The summed E-state index contributed by atoms with van der Waals surface area (Å²) in [6.07, 6.45) is 15.2. The molecule has 290 valence electrons. The van der Waals surface area contributed by atoms with Gasteiger partial charge < -0.3 is 10.6 Å². The van der Waals surface area contributed by atoms with Crippen LogP contribution in [0.25, 0.3) is 55.6 Å². The molecular formula is C56H51N3. The summed E-state index contributed by atoms with van der Waals surface area (Å²) in [7, 11) is 0. The van der Waals surface area contributed by atoms with Gasteiger partial charge in [-0.25, -0.2) is 0 Å². The molecule has 3 heteroatoms. The van der Waals surface area contributed by atoms with Gasteiger partial charge in [0.2, 0.25) is 0 Å². The molecule has 2 N–H and O–H groups in total. The number of hydrogen-bond acceptors (Lipinski definition) is 3. The molecule has 0 unspecified atom stereocenters. The fourth-order valence-corrected chi connectivity index (χ4v) is 8.24. The van der Waals surface area contributed by atoms with Crippen LogP contribution in [0, 0.1) is 6.92 Å².